The molecule has 112 valence electrons. The third-order valence-corrected chi connectivity index (χ3v) is 4.31. The van der Waals surface area contributed by atoms with Gasteiger partial charge in [0, 0.05) is 31.6 Å². The molecule has 0 radical (unpaired) electrons. The summed E-state index contributed by atoms with van der Waals surface area (Å²) < 4.78 is 0. The van der Waals surface area contributed by atoms with Gasteiger partial charge in [0.05, 0.1) is 0 Å². The minimum absolute atomic E-state index is 0.237. The van der Waals surface area contributed by atoms with E-state index in [1.54, 1.807) is 0 Å². The molecule has 0 aromatic rings. The van der Waals surface area contributed by atoms with Crippen LogP contribution in [-0.4, -0.2) is 61.5 Å². The van der Waals surface area contributed by atoms with Gasteiger partial charge in [-0.3, -0.25) is 4.79 Å². The summed E-state index contributed by atoms with van der Waals surface area (Å²) in [5.41, 5.74) is 0.237. The highest BCUT2D eigenvalue weighted by Gasteiger charge is 2.40. The van der Waals surface area contributed by atoms with Gasteiger partial charge in [0.1, 0.15) is 0 Å². The van der Waals surface area contributed by atoms with Gasteiger partial charge in [-0.1, -0.05) is 13.8 Å². The fraction of sp³-hybridized carbons (Fsp3) is 0.933. The molecule has 0 unspecified atom stereocenters. The van der Waals surface area contributed by atoms with Crippen molar-refractivity contribution >= 4 is 5.91 Å². The summed E-state index contributed by atoms with van der Waals surface area (Å²) in [4.78, 5) is 16.3. The molecule has 0 aromatic heterocycles. The Labute approximate surface area is 118 Å². The fourth-order valence-electron chi connectivity index (χ4n) is 2.68. The maximum atomic E-state index is 12.1. The third-order valence-electron chi connectivity index (χ3n) is 4.31. The van der Waals surface area contributed by atoms with Gasteiger partial charge in [-0.15, -0.1) is 0 Å². The second-order valence-corrected chi connectivity index (χ2v) is 6.43. The normalized spacial score (nSPS) is 17.6. The third kappa shape index (κ3) is 4.77. The van der Waals surface area contributed by atoms with Crippen molar-refractivity contribution in [3.63, 3.8) is 0 Å². The van der Waals surface area contributed by atoms with E-state index >= 15 is 0 Å². The molecule has 0 bridgehead atoms. The van der Waals surface area contributed by atoms with Gasteiger partial charge < -0.3 is 15.1 Å². The second-order valence-electron chi connectivity index (χ2n) is 6.43. The van der Waals surface area contributed by atoms with Crippen molar-refractivity contribution in [2.75, 3.05) is 34.2 Å². The molecule has 0 aliphatic heterocycles. The Morgan fingerprint density at radius 2 is 1.89 bits per heavy atom. The second kappa shape index (κ2) is 7.25. The predicted octanol–water partition coefficient (Wildman–Crippen LogP) is 1.71. The number of amides is 1. The lowest BCUT2D eigenvalue weighted by Gasteiger charge is -2.49. The molecule has 4 heteroatoms. The smallest absolute Gasteiger partial charge is 0.222 e. The molecule has 1 saturated carbocycles. The van der Waals surface area contributed by atoms with Crippen LogP contribution < -0.4 is 5.32 Å². The fourth-order valence-corrected chi connectivity index (χ4v) is 2.68. The van der Waals surface area contributed by atoms with Crippen molar-refractivity contribution in [3.8, 4) is 0 Å². The zero-order chi connectivity index (χ0) is 14.5. The Balaban J connectivity index is 2.28. The lowest BCUT2D eigenvalue weighted by Crippen LogP contribution is -2.57. The number of nitrogens with zero attached hydrogens (tertiary/aromatic N) is 2. The van der Waals surface area contributed by atoms with Gasteiger partial charge in [-0.2, -0.15) is 0 Å². The Bertz CT molecular complexity index is 285. The van der Waals surface area contributed by atoms with Crippen LogP contribution in [-0.2, 0) is 4.79 Å². The van der Waals surface area contributed by atoms with E-state index in [4.69, 9.17) is 0 Å². The van der Waals surface area contributed by atoms with Crippen LogP contribution >= 0.6 is 0 Å². The minimum atomic E-state index is 0.237. The summed E-state index contributed by atoms with van der Waals surface area (Å²) in [6, 6.07) is 0.500. The van der Waals surface area contributed by atoms with Crippen molar-refractivity contribution in [1.29, 1.82) is 0 Å². The van der Waals surface area contributed by atoms with E-state index in [0.717, 1.165) is 19.5 Å². The van der Waals surface area contributed by atoms with E-state index in [1.165, 1.54) is 19.3 Å². The standard InChI is InChI=1S/C15H31N3O/c1-13(2)16-11-6-8-14(19)18(5)12-15(17(3)4)9-7-10-15/h13,16H,6-12H2,1-5H3. The first-order valence-corrected chi connectivity index (χ1v) is 7.52. The molecule has 1 amide bonds. The van der Waals surface area contributed by atoms with E-state index in [9.17, 15) is 4.79 Å². The van der Waals surface area contributed by atoms with Gasteiger partial charge >= 0.3 is 0 Å². The van der Waals surface area contributed by atoms with Gasteiger partial charge in [0.25, 0.3) is 0 Å². The molecule has 1 fully saturated rings. The topological polar surface area (TPSA) is 35.6 Å². The Morgan fingerprint density at radius 3 is 2.32 bits per heavy atom. The summed E-state index contributed by atoms with van der Waals surface area (Å²) >= 11 is 0. The quantitative estimate of drug-likeness (QED) is 0.681. The summed E-state index contributed by atoms with van der Waals surface area (Å²) in [6.45, 7) is 6.06. The maximum Gasteiger partial charge on any atom is 0.222 e. The van der Waals surface area contributed by atoms with Gasteiger partial charge in [0.2, 0.25) is 5.91 Å². The molecular formula is C15H31N3O. The van der Waals surface area contributed by atoms with E-state index in [1.807, 2.05) is 11.9 Å². The predicted molar refractivity (Wildman–Crippen MR) is 80.3 cm³/mol. The zero-order valence-corrected chi connectivity index (χ0v) is 13.3. The molecular weight excluding hydrogens is 238 g/mol. The van der Waals surface area contributed by atoms with Gasteiger partial charge in [-0.05, 0) is 46.3 Å². The lowest BCUT2D eigenvalue weighted by molar-refractivity contribution is -0.132. The molecule has 1 aliphatic rings. The van der Waals surface area contributed by atoms with Crippen molar-refractivity contribution in [1.82, 2.24) is 15.1 Å². The highest BCUT2D eigenvalue weighted by molar-refractivity contribution is 5.75. The number of rotatable bonds is 8. The molecule has 0 atom stereocenters. The van der Waals surface area contributed by atoms with Crippen LogP contribution in [0.5, 0.6) is 0 Å². The first kappa shape index (κ1) is 16.4. The van der Waals surface area contributed by atoms with Crippen molar-refractivity contribution in [2.45, 2.75) is 57.5 Å². The van der Waals surface area contributed by atoms with Crippen LogP contribution in [0, 0.1) is 0 Å². The Morgan fingerprint density at radius 1 is 1.26 bits per heavy atom. The average molecular weight is 269 g/mol. The van der Waals surface area contributed by atoms with E-state index in [2.05, 4.69) is 38.2 Å². The summed E-state index contributed by atoms with van der Waals surface area (Å²) in [5.74, 6) is 0.277. The molecule has 0 spiro atoms. The number of hydrogen-bond donors (Lipinski definition) is 1. The Hall–Kier alpha value is -0.610. The molecule has 0 saturated heterocycles. The summed E-state index contributed by atoms with van der Waals surface area (Å²) in [6.07, 6.45) is 5.30. The van der Waals surface area contributed by atoms with Crippen molar-refractivity contribution < 1.29 is 4.79 Å². The highest BCUT2D eigenvalue weighted by Crippen LogP contribution is 2.36. The molecule has 1 N–H and O–H groups in total. The number of likely N-dealkylation sites (N-methyl/N-ethyl adjacent to an activating group) is 2. The molecule has 0 aromatic carbocycles. The van der Waals surface area contributed by atoms with E-state index in [-0.39, 0.29) is 11.4 Å². The number of hydrogen-bond acceptors (Lipinski definition) is 3. The molecule has 4 nitrogen and oxygen atoms in total. The van der Waals surface area contributed by atoms with Crippen LogP contribution in [0.25, 0.3) is 0 Å². The SMILES string of the molecule is CC(C)NCCCC(=O)N(C)CC1(N(C)C)CCC1. The lowest BCUT2D eigenvalue weighted by atomic mass is 9.75. The van der Waals surface area contributed by atoms with Crippen molar-refractivity contribution in [3.05, 3.63) is 0 Å². The summed E-state index contributed by atoms with van der Waals surface area (Å²) in [7, 11) is 6.20. The molecule has 19 heavy (non-hydrogen) atoms. The summed E-state index contributed by atoms with van der Waals surface area (Å²) in [5, 5.41) is 3.35. The van der Waals surface area contributed by atoms with Crippen LogP contribution in [0.2, 0.25) is 0 Å². The van der Waals surface area contributed by atoms with Gasteiger partial charge in [0.15, 0.2) is 0 Å². The highest BCUT2D eigenvalue weighted by atomic mass is 16.2. The maximum absolute atomic E-state index is 12.1. The number of nitrogens with one attached hydrogen (secondary N) is 1. The van der Waals surface area contributed by atoms with Crippen LogP contribution in [0.15, 0.2) is 0 Å². The molecule has 0 heterocycles. The average Bonchev–Trinajstić information content (AvgIpc) is 2.27. The monoisotopic (exact) mass is 269 g/mol. The van der Waals surface area contributed by atoms with E-state index in [0.29, 0.717) is 12.5 Å². The molecule has 1 aliphatic carbocycles. The van der Waals surface area contributed by atoms with Crippen LogP contribution in [0.4, 0.5) is 0 Å². The largest absolute Gasteiger partial charge is 0.344 e. The zero-order valence-electron chi connectivity index (χ0n) is 13.3. The Kier molecular flexibility index (Phi) is 6.27. The van der Waals surface area contributed by atoms with Crippen LogP contribution in [0.3, 0.4) is 0 Å². The van der Waals surface area contributed by atoms with Crippen LogP contribution in [0.1, 0.15) is 46.0 Å². The number of carbonyl (C=O) groups is 1. The van der Waals surface area contributed by atoms with Gasteiger partial charge in [-0.25, -0.2) is 0 Å². The first-order valence-electron chi connectivity index (χ1n) is 7.52. The molecule has 1 rings (SSSR count). The first-order chi connectivity index (χ1) is 8.87. The van der Waals surface area contributed by atoms with E-state index < -0.39 is 0 Å². The number of carbonyl (C=O) groups excluding carboxylic acids is 1. The van der Waals surface area contributed by atoms with Crippen molar-refractivity contribution in [2.24, 2.45) is 0 Å². The minimum Gasteiger partial charge on any atom is -0.344 e.